The summed E-state index contributed by atoms with van der Waals surface area (Å²) >= 11 is 3.93. The number of aliphatic hydroxyl groups is 1. The number of hydrogen-bond donors (Lipinski definition) is 4. The molecular weight excluding hydrogens is 452 g/mol. The van der Waals surface area contributed by atoms with Crippen LogP contribution in [-0.4, -0.2) is 51.8 Å². The summed E-state index contributed by atoms with van der Waals surface area (Å²) in [6.45, 7) is 4.27. The highest BCUT2D eigenvalue weighted by molar-refractivity contribution is 7.80. The Hall–Kier alpha value is -1.98. The highest BCUT2D eigenvalue weighted by atomic mass is 32.1. The van der Waals surface area contributed by atoms with Crippen LogP contribution in [0.2, 0.25) is 0 Å². The van der Waals surface area contributed by atoms with Gasteiger partial charge in [-0.1, -0.05) is 30.5 Å². The summed E-state index contributed by atoms with van der Waals surface area (Å²) in [5.41, 5.74) is 1.17. The molecule has 34 heavy (non-hydrogen) atoms. The number of thiol groups is 1. The highest BCUT2D eigenvalue weighted by Gasteiger charge is 2.63. The average Bonchev–Trinajstić information content (AvgIpc) is 3.08. The third kappa shape index (κ3) is 4.05. The zero-order valence-electron chi connectivity index (χ0n) is 20.0. The Morgan fingerprint density at radius 3 is 2.68 bits per heavy atom. The van der Waals surface area contributed by atoms with Crippen LogP contribution in [0.3, 0.4) is 0 Å². The fourth-order valence-corrected chi connectivity index (χ4v) is 7.74. The summed E-state index contributed by atoms with van der Waals surface area (Å²) in [7, 11) is 0. The molecule has 8 heteroatoms. The molecule has 7 nitrogen and oxygen atoms in total. The van der Waals surface area contributed by atoms with Crippen LogP contribution >= 0.6 is 12.6 Å². The van der Waals surface area contributed by atoms with Gasteiger partial charge in [0.15, 0.2) is 6.61 Å². The number of nitrogens with zero attached hydrogens (tertiary/aromatic N) is 1. The van der Waals surface area contributed by atoms with Crippen molar-refractivity contribution in [3.63, 3.8) is 0 Å². The van der Waals surface area contributed by atoms with Gasteiger partial charge in [-0.3, -0.25) is 4.79 Å². The van der Waals surface area contributed by atoms with Crippen molar-refractivity contribution >= 4 is 30.2 Å². The van der Waals surface area contributed by atoms with Gasteiger partial charge in [-0.25, -0.2) is 4.79 Å². The van der Waals surface area contributed by atoms with E-state index in [4.69, 9.17) is 16.4 Å². The van der Waals surface area contributed by atoms with Crippen LogP contribution in [-0.2, 0) is 14.4 Å². The monoisotopic (exact) mass is 488 g/mol. The van der Waals surface area contributed by atoms with Gasteiger partial charge in [-0.2, -0.15) is 12.6 Å². The van der Waals surface area contributed by atoms with Crippen LogP contribution in [0.5, 0.6) is 0 Å². The number of fused-ring (bicyclic) bond motifs is 5. The summed E-state index contributed by atoms with van der Waals surface area (Å²) in [5, 5.41) is 26.7. The highest BCUT2D eigenvalue weighted by Crippen LogP contribution is 2.67. The molecule has 7 atom stereocenters. The first-order valence-corrected chi connectivity index (χ1v) is 12.9. The van der Waals surface area contributed by atoms with E-state index in [9.17, 15) is 14.7 Å². The Labute approximate surface area is 207 Å². The van der Waals surface area contributed by atoms with E-state index < -0.39 is 23.5 Å². The Balaban J connectivity index is 1.42. The molecule has 0 saturated heterocycles. The zero-order chi connectivity index (χ0) is 24.7. The third-order valence-electron chi connectivity index (χ3n) is 9.56. The number of terminal acetylenes is 1. The Bertz CT molecular complexity index is 957. The molecule has 3 N–H and O–H groups in total. The number of nitrogens with one attached hydrogen (secondary N) is 1. The summed E-state index contributed by atoms with van der Waals surface area (Å²) in [5.74, 6) is 2.71. The van der Waals surface area contributed by atoms with Crippen molar-refractivity contribution in [1.29, 1.82) is 0 Å². The second-order valence-corrected chi connectivity index (χ2v) is 11.4. The van der Waals surface area contributed by atoms with Crippen LogP contribution in [0.15, 0.2) is 16.8 Å². The minimum atomic E-state index is -1.13. The molecule has 3 saturated carbocycles. The lowest BCUT2D eigenvalue weighted by Crippen LogP contribution is -2.54. The number of carbonyl (C=O) groups excluding carboxylic acids is 1. The predicted molar refractivity (Wildman–Crippen MR) is 132 cm³/mol. The largest absolute Gasteiger partial charge is 0.480 e. The number of amides is 1. The van der Waals surface area contributed by atoms with Crippen LogP contribution in [0, 0.1) is 40.9 Å². The zero-order valence-corrected chi connectivity index (χ0v) is 20.9. The first-order valence-electron chi connectivity index (χ1n) is 12.3. The lowest BCUT2D eigenvalue weighted by Gasteiger charge is -2.58. The first-order chi connectivity index (χ1) is 16.1. The Morgan fingerprint density at radius 1 is 1.26 bits per heavy atom. The maximum atomic E-state index is 11.9. The van der Waals surface area contributed by atoms with Gasteiger partial charge < -0.3 is 20.4 Å². The van der Waals surface area contributed by atoms with Crippen molar-refractivity contribution in [3.8, 4) is 12.3 Å². The van der Waals surface area contributed by atoms with E-state index in [1.807, 2.05) is 0 Å². The fourth-order valence-electron chi connectivity index (χ4n) is 7.49. The van der Waals surface area contributed by atoms with Gasteiger partial charge in [-0.05, 0) is 80.6 Å². The fraction of sp³-hybridized carbons (Fsp3) is 0.731. The summed E-state index contributed by atoms with van der Waals surface area (Å²) < 4.78 is 0. The van der Waals surface area contributed by atoms with Crippen molar-refractivity contribution in [2.45, 2.75) is 76.9 Å². The second kappa shape index (κ2) is 9.23. The number of oxime groups is 1. The maximum absolute atomic E-state index is 11.9. The predicted octanol–water partition coefficient (Wildman–Crippen LogP) is 3.19. The van der Waals surface area contributed by atoms with Crippen LogP contribution in [0.4, 0.5) is 0 Å². The molecule has 0 aromatic carbocycles. The summed E-state index contributed by atoms with van der Waals surface area (Å²) in [6.07, 6.45) is 15.5. The Kier molecular flexibility index (Phi) is 6.82. The molecule has 3 fully saturated rings. The number of carbonyl (C=O) groups is 2. The quantitative estimate of drug-likeness (QED) is 0.261. The normalized spacial score (nSPS) is 40.7. The topological polar surface area (TPSA) is 108 Å². The molecule has 0 aromatic rings. The summed E-state index contributed by atoms with van der Waals surface area (Å²) in [4.78, 5) is 28.2. The molecule has 0 spiro atoms. The maximum Gasteiger partial charge on any atom is 0.327 e. The van der Waals surface area contributed by atoms with Gasteiger partial charge in [0, 0.05) is 11.2 Å². The van der Waals surface area contributed by atoms with Gasteiger partial charge >= 0.3 is 5.97 Å². The van der Waals surface area contributed by atoms with Gasteiger partial charge in [0.1, 0.15) is 11.6 Å². The van der Waals surface area contributed by atoms with E-state index >= 15 is 0 Å². The van der Waals surface area contributed by atoms with Crippen LogP contribution < -0.4 is 5.32 Å². The summed E-state index contributed by atoms with van der Waals surface area (Å²) in [6, 6.07) is -1.05. The SMILES string of the molecule is C#C[C@@]1(O)CC[C@@H]2[C@@H]3CCC4=CC(=NOCC(=O)N[C@@H](CS)C(=O)O)CC[C@]4(C)[C@H]3CC[C@@]21C. The van der Waals surface area contributed by atoms with E-state index in [0.717, 1.165) is 50.7 Å². The van der Waals surface area contributed by atoms with E-state index in [2.05, 4.69) is 48.9 Å². The minimum Gasteiger partial charge on any atom is -0.480 e. The molecule has 4 rings (SSSR count). The van der Waals surface area contributed by atoms with Crippen molar-refractivity contribution in [1.82, 2.24) is 5.32 Å². The van der Waals surface area contributed by atoms with Crippen molar-refractivity contribution in [3.05, 3.63) is 11.6 Å². The molecule has 186 valence electrons. The van der Waals surface area contributed by atoms with E-state index in [1.165, 1.54) is 5.57 Å². The van der Waals surface area contributed by atoms with Crippen molar-refractivity contribution < 1.29 is 24.6 Å². The van der Waals surface area contributed by atoms with Gasteiger partial charge in [0.05, 0.1) is 5.71 Å². The lowest BCUT2D eigenvalue weighted by molar-refractivity contribution is -0.141. The van der Waals surface area contributed by atoms with E-state index in [-0.39, 0.29) is 23.2 Å². The number of carboxylic acids is 1. The number of allylic oxidation sites excluding steroid dienone is 2. The minimum absolute atomic E-state index is 0.00443. The molecule has 0 radical (unpaired) electrons. The number of hydrogen-bond acceptors (Lipinski definition) is 6. The average molecular weight is 489 g/mol. The van der Waals surface area contributed by atoms with Crippen molar-refractivity contribution in [2.24, 2.45) is 33.7 Å². The lowest BCUT2D eigenvalue weighted by atomic mass is 9.46. The molecule has 4 aliphatic carbocycles. The van der Waals surface area contributed by atoms with Crippen molar-refractivity contribution in [2.75, 3.05) is 12.4 Å². The molecule has 0 unspecified atom stereocenters. The number of aliphatic carboxylic acids is 1. The standard InChI is InChI=1S/C26H36N2O5S/c1-4-26(32)12-9-20-18-6-5-16-13-17(28-33-14-22(29)27-21(15-34)23(30)31)7-10-24(16,2)19(18)8-11-25(20,26)3/h1,13,18-21,32,34H,5-12,14-15H2,2-3H3,(H,27,29)(H,30,31)/t18-,19+,20-,21+,24+,25+,26-/m1/s1. The van der Waals surface area contributed by atoms with E-state index in [0.29, 0.717) is 24.2 Å². The molecule has 4 aliphatic rings. The molecule has 0 aromatic heterocycles. The molecule has 0 heterocycles. The smallest absolute Gasteiger partial charge is 0.327 e. The molecule has 1 amide bonds. The van der Waals surface area contributed by atoms with E-state index in [1.54, 1.807) is 0 Å². The molecule has 0 bridgehead atoms. The molecule has 0 aliphatic heterocycles. The third-order valence-corrected chi connectivity index (χ3v) is 9.93. The molecular formula is C26H36N2O5S. The number of rotatable bonds is 6. The second-order valence-electron chi connectivity index (χ2n) is 11.0. The Morgan fingerprint density at radius 2 is 2.00 bits per heavy atom. The van der Waals surface area contributed by atoms with Gasteiger partial charge in [-0.15, -0.1) is 6.42 Å². The van der Waals surface area contributed by atoms with Crippen LogP contribution in [0.25, 0.3) is 0 Å². The van der Waals surface area contributed by atoms with Crippen LogP contribution in [0.1, 0.15) is 65.2 Å². The van der Waals surface area contributed by atoms with Gasteiger partial charge in [0.2, 0.25) is 0 Å². The first kappa shape index (κ1) is 25.1. The van der Waals surface area contributed by atoms with Gasteiger partial charge in [0.25, 0.3) is 5.91 Å². The number of carboxylic acid groups (broad SMARTS) is 1.